The molecule has 1 heterocycles. The number of amides is 2. The first-order chi connectivity index (χ1) is 23.7. The van der Waals surface area contributed by atoms with Crippen molar-refractivity contribution >= 4 is 6.03 Å². The lowest BCUT2D eigenvalue weighted by Crippen LogP contribution is -2.51. The van der Waals surface area contributed by atoms with Crippen molar-refractivity contribution in [2.24, 2.45) is 0 Å². The van der Waals surface area contributed by atoms with Gasteiger partial charge in [0.15, 0.2) is 0 Å². The molecule has 1 saturated heterocycles. The summed E-state index contributed by atoms with van der Waals surface area (Å²) in [5.41, 5.74) is 2.65. The van der Waals surface area contributed by atoms with Gasteiger partial charge in [-0.2, -0.15) is 0 Å². The van der Waals surface area contributed by atoms with Gasteiger partial charge in [0.05, 0.1) is 6.61 Å². The number of carbonyl (C=O) groups is 1. The third-order valence-corrected chi connectivity index (χ3v) is 10.3. The van der Waals surface area contributed by atoms with Gasteiger partial charge in [-0.05, 0) is 49.7 Å². The molecule has 1 aliphatic heterocycles. The SMILES string of the molecule is CCCCCCCCCCCCCCCCCCN(CCCN(Cc1ccccc1)Cc1ccccc1)C(=O)N1CCCCC1CC[O]. The summed E-state index contributed by atoms with van der Waals surface area (Å²) in [7, 11) is 0. The molecule has 0 N–H and O–H groups in total. The maximum Gasteiger partial charge on any atom is 0.320 e. The molecule has 0 bridgehead atoms. The van der Waals surface area contributed by atoms with Crippen LogP contribution in [0.4, 0.5) is 4.79 Å². The maximum atomic E-state index is 14.0. The summed E-state index contributed by atoms with van der Waals surface area (Å²) in [5.74, 6) is 0. The molecule has 3 rings (SSSR count). The number of unbranched alkanes of at least 4 members (excludes halogenated alkanes) is 15. The van der Waals surface area contributed by atoms with E-state index in [0.717, 1.165) is 71.4 Å². The van der Waals surface area contributed by atoms with Crippen LogP contribution in [0.1, 0.15) is 153 Å². The van der Waals surface area contributed by atoms with Crippen LogP contribution in [0.15, 0.2) is 60.7 Å². The zero-order valence-corrected chi connectivity index (χ0v) is 30.8. The lowest BCUT2D eigenvalue weighted by atomic mass is 10.00. The van der Waals surface area contributed by atoms with Crippen LogP contribution in [-0.4, -0.2) is 59.6 Å². The van der Waals surface area contributed by atoms with E-state index in [2.05, 4.69) is 82.3 Å². The molecule has 2 aromatic carbocycles. The average Bonchev–Trinajstić information content (AvgIpc) is 3.11. The van der Waals surface area contributed by atoms with Gasteiger partial charge in [-0.25, -0.2) is 9.90 Å². The number of likely N-dealkylation sites (tertiary alicyclic amines) is 1. The molecule has 1 radical (unpaired) electrons. The second-order valence-corrected chi connectivity index (χ2v) is 14.4. The average molecular weight is 661 g/mol. The van der Waals surface area contributed by atoms with Crippen LogP contribution in [0.25, 0.3) is 0 Å². The highest BCUT2D eigenvalue weighted by molar-refractivity contribution is 5.75. The molecule has 2 aromatic rings. The molecule has 0 spiro atoms. The Bertz CT molecular complexity index is 989. The van der Waals surface area contributed by atoms with Crippen LogP contribution in [-0.2, 0) is 18.2 Å². The van der Waals surface area contributed by atoms with E-state index in [-0.39, 0.29) is 18.7 Å². The van der Waals surface area contributed by atoms with Crippen molar-refractivity contribution in [1.82, 2.24) is 14.7 Å². The van der Waals surface area contributed by atoms with Gasteiger partial charge < -0.3 is 9.80 Å². The standard InChI is InChI=1S/C43H70N3O2/c1-2-3-4-5-6-7-8-9-10-11-12-13-14-15-16-24-34-45(43(48)46-36-25-23-31-42(46)32-37-47)35-26-33-44(38-40-27-19-17-20-28-40)39-41-29-21-18-22-30-41/h17-22,27-30,42H,2-16,23-26,31-39H2,1H3. The third-order valence-electron chi connectivity index (χ3n) is 10.3. The summed E-state index contributed by atoms with van der Waals surface area (Å²) >= 11 is 0. The van der Waals surface area contributed by atoms with Gasteiger partial charge in [0.2, 0.25) is 0 Å². The van der Waals surface area contributed by atoms with E-state index in [1.165, 1.54) is 107 Å². The van der Waals surface area contributed by atoms with Crippen LogP contribution in [0.5, 0.6) is 0 Å². The molecule has 0 saturated carbocycles. The van der Waals surface area contributed by atoms with E-state index >= 15 is 0 Å². The Morgan fingerprint density at radius 2 is 1.10 bits per heavy atom. The zero-order chi connectivity index (χ0) is 33.9. The summed E-state index contributed by atoms with van der Waals surface area (Å²) in [4.78, 5) is 20.7. The minimum absolute atomic E-state index is 0.0957. The summed E-state index contributed by atoms with van der Waals surface area (Å²) in [5, 5.41) is 11.6. The maximum absolute atomic E-state index is 14.0. The Balaban J connectivity index is 1.42. The molecule has 0 aromatic heterocycles. The molecule has 5 nitrogen and oxygen atoms in total. The van der Waals surface area contributed by atoms with Gasteiger partial charge in [-0.1, -0.05) is 164 Å². The molecule has 48 heavy (non-hydrogen) atoms. The van der Waals surface area contributed by atoms with Crippen molar-refractivity contribution in [3.05, 3.63) is 71.8 Å². The number of hydrogen-bond donors (Lipinski definition) is 0. The normalized spacial score (nSPS) is 14.9. The molecule has 1 unspecified atom stereocenters. The van der Waals surface area contributed by atoms with Gasteiger partial charge in [0.1, 0.15) is 0 Å². The first-order valence-corrected chi connectivity index (χ1v) is 20.1. The number of benzene rings is 2. The second kappa shape index (κ2) is 26.5. The van der Waals surface area contributed by atoms with E-state index in [9.17, 15) is 9.90 Å². The van der Waals surface area contributed by atoms with Gasteiger partial charge in [0, 0.05) is 45.3 Å². The number of rotatable bonds is 27. The Morgan fingerprint density at radius 1 is 0.625 bits per heavy atom. The van der Waals surface area contributed by atoms with Gasteiger partial charge in [-0.15, -0.1) is 0 Å². The predicted molar refractivity (Wildman–Crippen MR) is 203 cm³/mol. The highest BCUT2D eigenvalue weighted by atomic mass is 16.3. The van der Waals surface area contributed by atoms with Crippen molar-refractivity contribution in [3.63, 3.8) is 0 Å². The van der Waals surface area contributed by atoms with Crippen molar-refractivity contribution in [2.45, 2.75) is 161 Å². The summed E-state index contributed by atoms with van der Waals surface area (Å²) < 4.78 is 0. The lowest BCUT2D eigenvalue weighted by molar-refractivity contribution is 0.0897. The highest BCUT2D eigenvalue weighted by Crippen LogP contribution is 2.22. The number of urea groups is 1. The van der Waals surface area contributed by atoms with E-state index in [4.69, 9.17) is 0 Å². The Kier molecular flexibility index (Phi) is 22.1. The van der Waals surface area contributed by atoms with Crippen LogP contribution in [0.2, 0.25) is 0 Å². The smallest absolute Gasteiger partial charge is 0.320 e. The zero-order valence-electron chi connectivity index (χ0n) is 30.8. The summed E-state index contributed by atoms with van der Waals surface area (Å²) in [6.45, 7) is 7.35. The van der Waals surface area contributed by atoms with Crippen LogP contribution in [0, 0.1) is 0 Å². The number of piperidine rings is 1. The van der Waals surface area contributed by atoms with Crippen LogP contribution in [0.3, 0.4) is 0 Å². The monoisotopic (exact) mass is 661 g/mol. The molecule has 5 heteroatoms. The number of carbonyl (C=O) groups excluding carboxylic acids is 1. The Morgan fingerprint density at radius 3 is 1.60 bits per heavy atom. The second-order valence-electron chi connectivity index (χ2n) is 14.4. The quantitative estimate of drug-likeness (QED) is 0.0895. The molecule has 0 aliphatic carbocycles. The van der Waals surface area contributed by atoms with Crippen LogP contribution < -0.4 is 0 Å². The topological polar surface area (TPSA) is 46.7 Å². The first-order valence-electron chi connectivity index (χ1n) is 20.1. The van der Waals surface area contributed by atoms with Gasteiger partial charge in [0.25, 0.3) is 0 Å². The highest BCUT2D eigenvalue weighted by Gasteiger charge is 2.29. The Labute approximate surface area is 295 Å². The van der Waals surface area contributed by atoms with E-state index in [1.54, 1.807) is 0 Å². The van der Waals surface area contributed by atoms with Crippen molar-refractivity contribution in [1.29, 1.82) is 0 Å². The molecule has 269 valence electrons. The fourth-order valence-electron chi connectivity index (χ4n) is 7.41. The number of hydrogen-bond acceptors (Lipinski definition) is 2. The molecular weight excluding hydrogens is 590 g/mol. The fraction of sp³-hybridized carbons (Fsp3) is 0.698. The van der Waals surface area contributed by atoms with Crippen molar-refractivity contribution in [3.8, 4) is 0 Å². The lowest BCUT2D eigenvalue weighted by Gasteiger charge is -2.39. The minimum atomic E-state index is -0.0957. The Hall–Kier alpha value is -2.37. The van der Waals surface area contributed by atoms with Crippen LogP contribution >= 0.6 is 0 Å². The molecule has 2 amide bonds. The molecule has 1 atom stereocenters. The van der Waals surface area contributed by atoms with Crippen molar-refractivity contribution in [2.75, 3.05) is 32.8 Å². The van der Waals surface area contributed by atoms with Crippen molar-refractivity contribution < 1.29 is 9.90 Å². The summed E-state index contributed by atoms with van der Waals surface area (Å²) in [6, 6.07) is 21.7. The minimum Gasteiger partial charge on any atom is -0.325 e. The largest absolute Gasteiger partial charge is 0.325 e. The van der Waals surface area contributed by atoms with Gasteiger partial charge in [-0.3, -0.25) is 4.90 Å². The van der Waals surface area contributed by atoms with Gasteiger partial charge >= 0.3 is 6.03 Å². The fourth-order valence-corrected chi connectivity index (χ4v) is 7.41. The molecule has 1 aliphatic rings. The molecule has 1 fully saturated rings. The van der Waals surface area contributed by atoms with E-state index in [1.807, 2.05) is 0 Å². The predicted octanol–water partition coefficient (Wildman–Crippen LogP) is 11.4. The van der Waals surface area contributed by atoms with E-state index in [0.29, 0.717) is 6.42 Å². The molecular formula is C43H70N3O2. The number of nitrogens with zero attached hydrogens (tertiary/aromatic N) is 3. The first kappa shape index (κ1) is 40.1. The summed E-state index contributed by atoms with van der Waals surface area (Å²) in [6.07, 6.45) is 26.4. The third kappa shape index (κ3) is 17.3. The van der Waals surface area contributed by atoms with E-state index < -0.39 is 0 Å².